The molecule has 0 bridgehead atoms. The van der Waals surface area contributed by atoms with Crippen molar-refractivity contribution in [3.63, 3.8) is 0 Å². The summed E-state index contributed by atoms with van der Waals surface area (Å²) in [7, 11) is 0. The van der Waals surface area contributed by atoms with Gasteiger partial charge in [-0.05, 0) is 135 Å². The molecule has 5 aromatic rings. The first-order valence-electron chi connectivity index (χ1n) is 15.7. The number of hydrogen-bond acceptors (Lipinski definition) is 8. The van der Waals surface area contributed by atoms with Crippen molar-refractivity contribution >= 4 is 110 Å². The highest BCUT2D eigenvalue weighted by Crippen LogP contribution is 2.60. The summed E-state index contributed by atoms with van der Waals surface area (Å²) >= 11 is 9.85. The van der Waals surface area contributed by atoms with E-state index in [0.717, 1.165) is 36.3 Å². The number of hydrogen-bond donors (Lipinski definition) is 0. The van der Waals surface area contributed by atoms with Crippen LogP contribution in [-0.4, -0.2) is 10.2 Å². The molecule has 0 amide bonds. The average molecular weight is 719 g/mol. The van der Waals surface area contributed by atoms with Crippen LogP contribution in [0.2, 0.25) is 0 Å². The highest BCUT2D eigenvalue weighted by Gasteiger charge is 2.43. The fourth-order valence-corrected chi connectivity index (χ4v) is 15.5. The smallest absolute Gasteiger partial charge is 0.226 e. The SMILES string of the molecule is Cc1c(C2=C3SC(=O)C(c4sc(C(C)C)c(C)c4C)=C3SC2=O)sc(-c2sc3c(C)c4c(C)c(C(C)C)sc4c(C)c3c2C)c1C. The predicted molar refractivity (Wildman–Crippen MR) is 210 cm³/mol. The van der Waals surface area contributed by atoms with Crippen molar-refractivity contribution in [2.45, 2.75) is 94.9 Å². The lowest BCUT2D eigenvalue weighted by atomic mass is 9.96. The lowest BCUT2D eigenvalue weighted by Crippen LogP contribution is -1.96. The molecule has 0 unspecified atom stereocenters. The van der Waals surface area contributed by atoms with Crippen molar-refractivity contribution in [2.75, 3.05) is 0 Å². The van der Waals surface area contributed by atoms with Crippen molar-refractivity contribution in [3.05, 3.63) is 73.8 Å². The van der Waals surface area contributed by atoms with Crippen LogP contribution in [0, 0.1) is 55.4 Å². The Morgan fingerprint density at radius 3 is 1.35 bits per heavy atom. The molecule has 0 spiro atoms. The van der Waals surface area contributed by atoms with Gasteiger partial charge in [-0.1, -0.05) is 27.7 Å². The Bertz CT molecular complexity index is 2270. The summed E-state index contributed by atoms with van der Waals surface area (Å²) in [6.07, 6.45) is 0. The Labute approximate surface area is 296 Å². The molecule has 2 aliphatic rings. The summed E-state index contributed by atoms with van der Waals surface area (Å²) in [5, 5.41) is 2.94. The number of aryl methyl sites for hydroxylation is 4. The molecule has 0 fully saturated rings. The number of carbonyl (C=O) groups is 2. The van der Waals surface area contributed by atoms with E-state index in [1.807, 2.05) is 22.7 Å². The maximum absolute atomic E-state index is 13.8. The number of benzene rings is 1. The van der Waals surface area contributed by atoms with Gasteiger partial charge >= 0.3 is 0 Å². The maximum atomic E-state index is 13.8. The van der Waals surface area contributed by atoms with Crippen LogP contribution >= 0.6 is 68.9 Å². The average Bonchev–Trinajstić information content (AvgIpc) is 3.80. The van der Waals surface area contributed by atoms with Crippen LogP contribution in [0.5, 0.6) is 0 Å². The monoisotopic (exact) mass is 718 g/mol. The number of thioether (sulfide) groups is 2. The first kappa shape index (κ1) is 32.6. The second-order valence-corrected chi connectivity index (χ2v) is 19.5. The molecule has 7 rings (SSSR count). The van der Waals surface area contributed by atoms with Crippen LogP contribution in [0.4, 0.5) is 0 Å². The molecule has 238 valence electrons. The quantitative estimate of drug-likeness (QED) is 0.181. The van der Waals surface area contributed by atoms with Crippen LogP contribution in [0.15, 0.2) is 9.81 Å². The first-order valence-corrected chi connectivity index (χ1v) is 20.6. The minimum atomic E-state index is 0.0600. The number of rotatable bonds is 5. The molecule has 0 N–H and O–H groups in total. The van der Waals surface area contributed by atoms with Crippen LogP contribution < -0.4 is 0 Å². The highest BCUT2D eigenvalue weighted by molar-refractivity contribution is 8.25. The molecule has 0 aliphatic carbocycles. The van der Waals surface area contributed by atoms with Crippen molar-refractivity contribution in [2.24, 2.45) is 0 Å². The summed E-state index contributed by atoms with van der Waals surface area (Å²) in [6, 6.07) is 0. The predicted octanol–water partition coefficient (Wildman–Crippen LogP) is 13.3. The van der Waals surface area contributed by atoms with Gasteiger partial charge < -0.3 is 0 Å². The van der Waals surface area contributed by atoms with Gasteiger partial charge in [-0.15, -0.1) is 45.3 Å². The molecular formula is C38H38O2S6. The third kappa shape index (κ3) is 4.46. The van der Waals surface area contributed by atoms with Crippen LogP contribution in [0.3, 0.4) is 0 Å². The molecule has 8 heteroatoms. The third-order valence-corrected chi connectivity index (χ3v) is 18.4. The van der Waals surface area contributed by atoms with Crippen LogP contribution in [-0.2, 0) is 9.59 Å². The summed E-state index contributed by atoms with van der Waals surface area (Å²) in [5.74, 6) is 0.914. The van der Waals surface area contributed by atoms with Crippen molar-refractivity contribution in [3.8, 4) is 9.75 Å². The second-order valence-electron chi connectivity index (χ2n) is 13.4. The van der Waals surface area contributed by atoms with Gasteiger partial charge in [0.2, 0.25) is 10.2 Å². The van der Waals surface area contributed by atoms with Gasteiger partial charge in [-0.25, -0.2) is 0 Å². The fourth-order valence-electron chi connectivity index (χ4n) is 7.22. The van der Waals surface area contributed by atoms with E-state index in [1.54, 1.807) is 22.7 Å². The minimum Gasteiger partial charge on any atom is -0.281 e. The fraction of sp³-hybridized carbons (Fsp3) is 0.368. The molecule has 46 heavy (non-hydrogen) atoms. The number of carbonyl (C=O) groups excluding carboxylic acids is 2. The minimum absolute atomic E-state index is 0.0600. The van der Waals surface area contributed by atoms with Crippen molar-refractivity contribution < 1.29 is 9.59 Å². The van der Waals surface area contributed by atoms with E-state index in [-0.39, 0.29) is 10.2 Å². The van der Waals surface area contributed by atoms with Crippen LogP contribution in [0.25, 0.3) is 41.1 Å². The van der Waals surface area contributed by atoms with E-state index < -0.39 is 0 Å². The molecule has 2 aliphatic heterocycles. The summed E-state index contributed by atoms with van der Waals surface area (Å²) in [4.78, 5) is 36.6. The normalized spacial score (nSPS) is 15.5. The van der Waals surface area contributed by atoms with Gasteiger partial charge in [-0.2, -0.15) is 0 Å². The second kappa shape index (κ2) is 11.3. The van der Waals surface area contributed by atoms with Gasteiger partial charge in [0.1, 0.15) is 0 Å². The zero-order chi connectivity index (χ0) is 33.3. The first-order chi connectivity index (χ1) is 21.6. The number of fused-ring (bicyclic) bond motifs is 3. The molecule has 6 heterocycles. The maximum Gasteiger partial charge on any atom is 0.226 e. The molecule has 0 radical (unpaired) electrons. The molecule has 4 aromatic heterocycles. The molecular weight excluding hydrogens is 681 g/mol. The van der Waals surface area contributed by atoms with E-state index in [4.69, 9.17) is 0 Å². The van der Waals surface area contributed by atoms with Crippen LogP contribution in [0.1, 0.15) is 104 Å². The Balaban J connectivity index is 1.40. The molecule has 0 atom stereocenters. The van der Waals surface area contributed by atoms with E-state index in [2.05, 4.69) is 83.1 Å². The lowest BCUT2D eigenvalue weighted by Gasteiger charge is -2.07. The molecule has 2 nitrogen and oxygen atoms in total. The molecule has 0 saturated heterocycles. The molecule has 0 saturated carbocycles. The largest absolute Gasteiger partial charge is 0.281 e. The molecule has 1 aromatic carbocycles. The van der Waals surface area contributed by atoms with Gasteiger partial charge in [0.25, 0.3) is 0 Å². The van der Waals surface area contributed by atoms with E-state index in [0.29, 0.717) is 11.8 Å². The van der Waals surface area contributed by atoms with Crippen molar-refractivity contribution in [1.82, 2.24) is 0 Å². The van der Waals surface area contributed by atoms with Gasteiger partial charge in [0.05, 0.1) is 11.1 Å². The number of thiophene rings is 4. The van der Waals surface area contributed by atoms with E-state index in [1.165, 1.54) is 102 Å². The highest BCUT2D eigenvalue weighted by atomic mass is 32.2. The summed E-state index contributed by atoms with van der Waals surface area (Å²) < 4.78 is 2.80. The van der Waals surface area contributed by atoms with Crippen molar-refractivity contribution in [1.29, 1.82) is 0 Å². The Morgan fingerprint density at radius 1 is 0.413 bits per heavy atom. The van der Waals surface area contributed by atoms with Gasteiger partial charge in [-0.3, -0.25) is 9.59 Å². The topological polar surface area (TPSA) is 34.1 Å². The standard InChI is InChI=1S/C38H38O2S6/c1-13(2)27-15(5)16(6)29(41-27)25-35-36(46-37(25)39)26(38(40)45-35)30-17(7)18(8)33(43-30)34-22(12)24-21(11)31-23(20(10)32(24)44-34)19(9)28(42-31)14(3)4/h13-14H,1-12H3. The Morgan fingerprint density at radius 2 is 0.826 bits per heavy atom. The lowest BCUT2D eigenvalue weighted by molar-refractivity contribution is -0.106. The summed E-state index contributed by atoms with van der Waals surface area (Å²) in [6.45, 7) is 26.8. The van der Waals surface area contributed by atoms with Gasteiger partial charge in [0.15, 0.2) is 0 Å². The van der Waals surface area contributed by atoms with E-state index >= 15 is 0 Å². The zero-order valence-corrected chi connectivity index (χ0v) is 33.3. The van der Waals surface area contributed by atoms with E-state index in [9.17, 15) is 9.59 Å². The third-order valence-electron chi connectivity index (χ3n) is 9.86. The Hall–Kier alpha value is -1.94. The summed E-state index contributed by atoms with van der Waals surface area (Å²) in [5.41, 5.74) is 11.8. The van der Waals surface area contributed by atoms with Gasteiger partial charge in [0, 0.05) is 59.2 Å². The zero-order valence-electron chi connectivity index (χ0n) is 28.4. The Kier molecular flexibility index (Phi) is 8.02.